The molecule has 0 saturated heterocycles. The fourth-order valence-corrected chi connectivity index (χ4v) is 4.16. The van der Waals surface area contributed by atoms with Gasteiger partial charge in [-0.2, -0.15) is 0 Å². The van der Waals surface area contributed by atoms with Crippen LogP contribution in [0, 0.1) is 0 Å². The summed E-state index contributed by atoms with van der Waals surface area (Å²) < 4.78 is 6.62. The molecule has 0 bridgehead atoms. The molecule has 0 radical (unpaired) electrons. The van der Waals surface area contributed by atoms with Crippen LogP contribution in [-0.2, 0) is 4.74 Å². The number of ether oxygens (including phenoxy) is 1. The van der Waals surface area contributed by atoms with Crippen LogP contribution >= 0.6 is 31.9 Å². The van der Waals surface area contributed by atoms with Gasteiger partial charge in [-0.25, -0.2) is 0 Å². The van der Waals surface area contributed by atoms with E-state index in [2.05, 4.69) is 45.0 Å². The van der Waals surface area contributed by atoms with Gasteiger partial charge in [0.15, 0.2) is 0 Å². The van der Waals surface area contributed by atoms with Crippen LogP contribution in [0.2, 0.25) is 0 Å². The third-order valence-corrected chi connectivity index (χ3v) is 6.50. The van der Waals surface area contributed by atoms with Crippen molar-refractivity contribution in [1.29, 1.82) is 0 Å². The van der Waals surface area contributed by atoms with Gasteiger partial charge < -0.3 is 4.74 Å². The molecule has 19 heavy (non-hydrogen) atoms. The summed E-state index contributed by atoms with van der Waals surface area (Å²) in [6, 6.07) is 0. The van der Waals surface area contributed by atoms with Crippen LogP contribution in [-0.4, -0.2) is 20.9 Å². The zero-order valence-electron chi connectivity index (χ0n) is 11.5. The smallest absolute Gasteiger partial charge is 0.0872 e. The summed E-state index contributed by atoms with van der Waals surface area (Å²) in [5.74, 6) is 0. The molecular formula is C16H24Br2O. The van der Waals surface area contributed by atoms with E-state index in [0.29, 0.717) is 9.65 Å². The molecule has 2 aliphatic carbocycles. The summed E-state index contributed by atoms with van der Waals surface area (Å²) in [6.45, 7) is 8.09. The first kappa shape index (κ1) is 15.8. The Morgan fingerprint density at radius 2 is 1.11 bits per heavy atom. The number of rotatable bonds is 4. The molecule has 2 fully saturated rings. The summed E-state index contributed by atoms with van der Waals surface area (Å²) >= 11 is 7.43. The molecule has 0 unspecified atom stereocenters. The summed E-state index contributed by atoms with van der Waals surface area (Å²) in [7, 11) is 0. The Morgan fingerprint density at radius 3 is 1.37 bits per heavy atom. The minimum absolute atomic E-state index is 0.141. The zero-order valence-corrected chi connectivity index (χ0v) is 14.7. The monoisotopic (exact) mass is 390 g/mol. The molecule has 0 atom stereocenters. The van der Waals surface area contributed by atoms with Gasteiger partial charge in [-0.05, 0) is 51.4 Å². The van der Waals surface area contributed by atoms with Crippen molar-refractivity contribution >= 4 is 31.9 Å². The number of alkyl halides is 2. The highest BCUT2D eigenvalue weighted by molar-refractivity contribution is 9.09. The molecule has 0 amide bonds. The standard InChI is InChI=1S/C16H24Br2O/c1-3-15(9-5-13(17)6-10-15)19-16(4-2)11-7-14(18)8-12-16/h3-4,13-14H,1-2,5-12H2. The highest BCUT2D eigenvalue weighted by Gasteiger charge is 2.42. The molecule has 2 aliphatic rings. The highest BCUT2D eigenvalue weighted by Crippen LogP contribution is 2.44. The molecule has 108 valence electrons. The Morgan fingerprint density at radius 1 is 0.789 bits per heavy atom. The van der Waals surface area contributed by atoms with Crippen molar-refractivity contribution in [2.75, 3.05) is 0 Å². The van der Waals surface area contributed by atoms with Crippen molar-refractivity contribution < 1.29 is 4.74 Å². The van der Waals surface area contributed by atoms with E-state index in [-0.39, 0.29) is 11.2 Å². The summed E-state index contributed by atoms with van der Waals surface area (Å²) in [5.41, 5.74) is -0.283. The van der Waals surface area contributed by atoms with Gasteiger partial charge in [0.05, 0.1) is 11.2 Å². The summed E-state index contributed by atoms with van der Waals surface area (Å²) in [5, 5.41) is 0. The average Bonchev–Trinajstić information content (AvgIpc) is 2.45. The Hall–Kier alpha value is 0.400. The van der Waals surface area contributed by atoms with Crippen LogP contribution in [0.5, 0.6) is 0 Å². The maximum atomic E-state index is 6.62. The Bertz CT molecular complexity index is 292. The van der Waals surface area contributed by atoms with Crippen LogP contribution in [0.25, 0.3) is 0 Å². The normalized spacial score (nSPS) is 43.7. The molecule has 0 aliphatic heterocycles. The molecule has 0 aromatic carbocycles. The second-order valence-corrected chi connectivity index (χ2v) is 8.58. The van der Waals surface area contributed by atoms with Crippen LogP contribution < -0.4 is 0 Å². The van der Waals surface area contributed by atoms with Crippen LogP contribution in [0.1, 0.15) is 51.4 Å². The zero-order chi connectivity index (χ0) is 13.9. The van der Waals surface area contributed by atoms with Gasteiger partial charge in [0.2, 0.25) is 0 Å². The molecule has 0 heterocycles. The largest absolute Gasteiger partial charge is 0.360 e. The molecule has 2 rings (SSSR count). The third-order valence-electron chi connectivity index (χ3n) is 4.67. The van der Waals surface area contributed by atoms with Crippen molar-refractivity contribution in [3.8, 4) is 0 Å². The second-order valence-electron chi connectivity index (χ2n) is 5.99. The Balaban J connectivity index is 2.07. The molecule has 0 N–H and O–H groups in total. The van der Waals surface area contributed by atoms with E-state index < -0.39 is 0 Å². The van der Waals surface area contributed by atoms with Crippen molar-refractivity contribution in [3.63, 3.8) is 0 Å². The van der Waals surface area contributed by atoms with E-state index in [1.165, 1.54) is 25.7 Å². The van der Waals surface area contributed by atoms with Gasteiger partial charge >= 0.3 is 0 Å². The van der Waals surface area contributed by atoms with Crippen molar-refractivity contribution in [2.45, 2.75) is 72.2 Å². The maximum Gasteiger partial charge on any atom is 0.0872 e. The summed E-state index contributed by atoms with van der Waals surface area (Å²) in [4.78, 5) is 1.28. The van der Waals surface area contributed by atoms with Crippen LogP contribution in [0.4, 0.5) is 0 Å². The first-order valence-electron chi connectivity index (χ1n) is 7.29. The average molecular weight is 392 g/mol. The lowest BCUT2D eigenvalue weighted by molar-refractivity contribution is -0.135. The van der Waals surface area contributed by atoms with E-state index in [4.69, 9.17) is 4.74 Å². The fraction of sp³-hybridized carbons (Fsp3) is 0.750. The van der Waals surface area contributed by atoms with E-state index in [9.17, 15) is 0 Å². The van der Waals surface area contributed by atoms with E-state index >= 15 is 0 Å². The van der Waals surface area contributed by atoms with Crippen LogP contribution in [0.3, 0.4) is 0 Å². The lowest BCUT2D eigenvalue weighted by Crippen LogP contribution is -2.46. The number of hydrogen-bond donors (Lipinski definition) is 0. The van der Waals surface area contributed by atoms with Gasteiger partial charge in [-0.3, -0.25) is 0 Å². The third kappa shape index (κ3) is 3.74. The number of halogens is 2. The molecule has 0 spiro atoms. The Kier molecular flexibility index (Phi) is 5.35. The van der Waals surface area contributed by atoms with Crippen molar-refractivity contribution in [3.05, 3.63) is 25.3 Å². The lowest BCUT2D eigenvalue weighted by Gasteiger charge is -2.46. The van der Waals surface area contributed by atoms with Crippen LogP contribution in [0.15, 0.2) is 25.3 Å². The first-order valence-corrected chi connectivity index (χ1v) is 9.12. The van der Waals surface area contributed by atoms with E-state index in [1.54, 1.807) is 0 Å². The number of hydrogen-bond acceptors (Lipinski definition) is 1. The lowest BCUT2D eigenvalue weighted by atomic mass is 9.80. The van der Waals surface area contributed by atoms with E-state index in [0.717, 1.165) is 25.7 Å². The minimum atomic E-state index is -0.141. The maximum absolute atomic E-state index is 6.62. The fourth-order valence-electron chi connectivity index (χ4n) is 3.24. The molecule has 1 nitrogen and oxygen atoms in total. The highest BCUT2D eigenvalue weighted by atomic mass is 79.9. The molecule has 3 heteroatoms. The first-order chi connectivity index (χ1) is 9.03. The van der Waals surface area contributed by atoms with Gasteiger partial charge in [0.25, 0.3) is 0 Å². The van der Waals surface area contributed by atoms with E-state index in [1.807, 2.05) is 12.2 Å². The van der Waals surface area contributed by atoms with Gasteiger partial charge in [-0.15, -0.1) is 13.2 Å². The van der Waals surface area contributed by atoms with Gasteiger partial charge in [0, 0.05) is 9.65 Å². The topological polar surface area (TPSA) is 9.23 Å². The molecular weight excluding hydrogens is 368 g/mol. The van der Waals surface area contributed by atoms with Crippen molar-refractivity contribution in [1.82, 2.24) is 0 Å². The quantitative estimate of drug-likeness (QED) is 0.452. The molecule has 0 aromatic rings. The predicted molar refractivity (Wildman–Crippen MR) is 89.3 cm³/mol. The molecule has 0 aromatic heterocycles. The SMILES string of the molecule is C=CC1(OC2(C=C)CCC(Br)CC2)CCC(Br)CC1. The predicted octanol–water partition coefficient (Wildman–Crippen LogP) is 5.53. The molecule has 2 saturated carbocycles. The minimum Gasteiger partial charge on any atom is -0.360 e. The van der Waals surface area contributed by atoms with Crippen molar-refractivity contribution in [2.24, 2.45) is 0 Å². The summed E-state index contributed by atoms with van der Waals surface area (Å²) in [6.07, 6.45) is 13.0. The van der Waals surface area contributed by atoms with Gasteiger partial charge in [0.1, 0.15) is 0 Å². The Labute approximate surface area is 134 Å². The second kappa shape index (κ2) is 6.44. The van der Waals surface area contributed by atoms with Gasteiger partial charge in [-0.1, -0.05) is 44.0 Å².